The Balaban J connectivity index is 1.61. The lowest BCUT2D eigenvalue weighted by molar-refractivity contribution is -0.115. The topological polar surface area (TPSA) is 88.9 Å². The van der Waals surface area contributed by atoms with Crippen molar-refractivity contribution >= 4 is 35.0 Å². The van der Waals surface area contributed by atoms with E-state index in [4.69, 9.17) is 0 Å². The number of amides is 2. The first-order valence-corrected chi connectivity index (χ1v) is 8.87. The second-order valence-corrected chi connectivity index (χ2v) is 7.15. The molecule has 1 aliphatic heterocycles. The minimum absolute atomic E-state index is 0.0587. The Bertz CT molecular complexity index is 987. The summed E-state index contributed by atoms with van der Waals surface area (Å²) in [4.78, 5) is 29.4. The number of fused-ring (bicyclic) bond motifs is 1. The largest absolute Gasteiger partial charge is 0.324 e. The van der Waals surface area contributed by atoms with Crippen LogP contribution in [0.15, 0.2) is 60.0 Å². The number of aromatic nitrogens is 3. The fraction of sp³-hybridized carbons (Fsp3) is 0.111. The van der Waals surface area contributed by atoms with E-state index >= 15 is 0 Å². The molecule has 8 heteroatoms. The molecular formula is C18H15N5O2S. The molecule has 3 aromatic rings. The van der Waals surface area contributed by atoms with Crippen molar-refractivity contribution in [1.82, 2.24) is 14.8 Å². The van der Waals surface area contributed by atoms with Crippen LogP contribution >= 0.6 is 11.8 Å². The lowest BCUT2D eigenvalue weighted by Crippen LogP contribution is -2.26. The van der Waals surface area contributed by atoms with Crippen molar-refractivity contribution in [2.24, 2.45) is 0 Å². The summed E-state index contributed by atoms with van der Waals surface area (Å²) in [6, 6.07) is 12.6. The van der Waals surface area contributed by atoms with Gasteiger partial charge in [-0.15, -0.1) is 11.8 Å². The number of hydrogen-bond donors (Lipinski definition) is 2. The molecule has 0 spiro atoms. The number of hydrogen-bond acceptors (Lipinski definition) is 5. The molecule has 1 atom stereocenters. The average Bonchev–Trinajstić information content (AvgIpc) is 3.17. The van der Waals surface area contributed by atoms with Gasteiger partial charge in [-0.2, -0.15) is 5.10 Å². The number of rotatable bonds is 3. The zero-order valence-electron chi connectivity index (χ0n) is 13.8. The zero-order valence-corrected chi connectivity index (χ0v) is 14.7. The third-order valence-corrected chi connectivity index (χ3v) is 5.17. The smallest absolute Gasteiger partial charge is 0.255 e. The van der Waals surface area contributed by atoms with Gasteiger partial charge >= 0.3 is 0 Å². The van der Waals surface area contributed by atoms with Crippen molar-refractivity contribution in [2.45, 2.75) is 17.1 Å². The normalized spacial score (nSPS) is 15.9. The van der Waals surface area contributed by atoms with E-state index in [1.165, 1.54) is 18.1 Å². The van der Waals surface area contributed by atoms with Crippen LogP contribution in [-0.4, -0.2) is 31.8 Å². The predicted molar refractivity (Wildman–Crippen MR) is 99.7 cm³/mol. The summed E-state index contributed by atoms with van der Waals surface area (Å²) in [5.41, 5.74) is 2.46. The van der Waals surface area contributed by atoms with E-state index in [9.17, 15) is 9.59 Å². The Morgan fingerprint density at radius 3 is 2.92 bits per heavy atom. The Morgan fingerprint density at radius 1 is 1.27 bits per heavy atom. The van der Waals surface area contributed by atoms with Crippen molar-refractivity contribution in [2.75, 3.05) is 10.6 Å². The molecule has 0 saturated carbocycles. The van der Waals surface area contributed by atoms with Gasteiger partial charge in [-0.05, 0) is 37.3 Å². The van der Waals surface area contributed by atoms with Gasteiger partial charge in [0.05, 0.1) is 22.3 Å². The van der Waals surface area contributed by atoms with Crippen molar-refractivity contribution < 1.29 is 9.59 Å². The molecule has 130 valence electrons. The van der Waals surface area contributed by atoms with E-state index in [-0.39, 0.29) is 17.1 Å². The quantitative estimate of drug-likeness (QED) is 0.745. The fourth-order valence-corrected chi connectivity index (χ4v) is 3.59. The van der Waals surface area contributed by atoms with Gasteiger partial charge in [-0.25, -0.2) is 9.67 Å². The molecule has 26 heavy (non-hydrogen) atoms. The Kier molecular flexibility index (Phi) is 4.18. The zero-order chi connectivity index (χ0) is 18.1. The van der Waals surface area contributed by atoms with E-state index in [2.05, 4.69) is 20.7 Å². The second kappa shape index (κ2) is 6.64. The minimum Gasteiger partial charge on any atom is -0.324 e. The molecule has 0 saturated heterocycles. The molecule has 0 fully saturated rings. The maximum absolute atomic E-state index is 12.7. The number of benzene rings is 2. The molecule has 1 unspecified atom stereocenters. The summed E-state index contributed by atoms with van der Waals surface area (Å²) in [6.07, 6.45) is 3.00. The number of thioether (sulfide) groups is 1. The number of nitrogens with one attached hydrogen (secondary N) is 2. The molecule has 4 rings (SSSR count). The fourth-order valence-electron chi connectivity index (χ4n) is 2.66. The summed E-state index contributed by atoms with van der Waals surface area (Å²) in [6.45, 7) is 1.85. The third-order valence-electron chi connectivity index (χ3n) is 3.99. The predicted octanol–water partition coefficient (Wildman–Crippen LogP) is 2.95. The number of carbonyl (C=O) groups is 2. The summed E-state index contributed by atoms with van der Waals surface area (Å²) in [7, 11) is 0. The van der Waals surface area contributed by atoms with E-state index in [0.717, 1.165) is 4.90 Å². The molecule has 2 heterocycles. The highest BCUT2D eigenvalue weighted by Gasteiger charge is 2.24. The summed E-state index contributed by atoms with van der Waals surface area (Å²) in [5.74, 6) is -0.324. The van der Waals surface area contributed by atoms with Gasteiger partial charge in [-0.3, -0.25) is 9.59 Å². The first-order chi connectivity index (χ1) is 12.6. The van der Waals surface area contributed by atoms with E-state index < -0.39 is 0 Å². The van der Waals surface area contributed by atoms with Gasteiger partial charge in [0.25, 0.3) is 5.91 Å². The highest BCUT2D eigenvalue weighted by Crippen LogP contribution is 2.36. The Hall–Kier alpha value is -3.13. The molecule has 0 radical (unpaired) electrons. The van der Waals surface area contributed by atoms with Crippen LogP contribution in [-0.2, 0) is 4.79 Å². The number of para-hydroxylation sites is 2. The summed E-state index contributed by atoms with van der Waals surface area (Å²) >= 11 is 1.48. The van der Waals surface area contributed by atoms with Gasteiger partial charge in [-0.1, -0.05) is 12.1 Å². The SMILES string of the molecule is CC1Sc2ccc(C(=O)Nc3ccccc3-n3cncn3)cc2NC1=O. The second-order valence-electron chi connectivity index (χ2n) is 5.77. The van der Waals surface area contributed by atoms with Crippen LogP contribution in [0.4, 0.5) is 11.4 Å². The maximum atomic E-state index is 12.7. The Morgan fingerprint density at radius 2 is 2.12 bits per heavy atom. The van der Waals surface area contributed by atoms with Crippen molar-refractivity contribution in [1.29, 1.82) is 0 Å². The first kappa shape index (κ1) is 16.3. The van der Waals surface area contributed by atoms with Gasteiger partial charge in [0.2, 0.25) is 5.91 Å². The van der Waals surface area contributed by atoms with E-state index in [0.29, 0.717) is 22.6 Å². The van der Waals surface area contributed by atoms with Gasteiger partial charge in [0.15, 0.2) is 0 Å². The highest BCUT2D eigenvalue weighted by molar-refractivity contribution is 8.00. The summed E-state index contributed by atoms with van der Waals surface area (Å²) in [5, 5.41) is 9.70. The standard InChI is InChI=1S/C18H15N5O2S/c1-11-17(24)22-14-8-12(6-7-16(14)26-11)18(25)21-13-4-2-3-5-15(13)23-10-19-9-20-23/h2-11H,1H3,(H,21,25)(H,22,24). The maximum Gasteiger partial charge on any atom is 0.255 e. The first-order valence-electron chi connectivity index (χ1n) is 7.99. The molecule has 1 aromatic heterocycles. The molecule has 7 nitrogen and oxygen atoms in total. The highest BCUT2D eigenvalue weighted by atomic mass is 32.2. The number of nitrogens with zero attached hydrogens (tertiary/aromatic N) is 3. The molecule has 0 bridgehead atoms. The van der Waals surface area contributed by atoms with Crippen molar-refractivity contribution in [3.8, 4) is 5.69 Å². The van der Waals surface area contributed by atoms with Crippen LogP contribution in [0, 0.1) is 0 Å². The third kappa shape index (κ3) is 3.06. The van der Waals surface area contributed by atoms with E-state index in [1.807, 2.05) is 31.2 Å². The van der Waals surface area contributed by atoms with Crippen molar-refractivity contribution in [3.63, 3.8) is 0 Å². The monoisotopic (exact) mass is 365 g/mol. The lowest BCUT2D eigenvalue weighted by atomic mass is 10.1. The Labute approximate surface area is 153 Å². The molecular weight excluding hydrogens is 350 g/mol. The van der Waals surface area contributed by atoms with Crippen LogP contribution in [0.3, 0.4) is 0 Å². The van der Waals surface area contributed by atoms with Crippen molar-refractivity contribution in [3.05, 3.63) is 60.7 Å². The molecule has 1 aliphatic rings. The molecule has 2 aromatic carbocycles. The van der Waals surface area contributed by atoms with Crippen LogP contribution in [0.1, 0.15) is 17.3 Å². The van der Waals surface area contributed by atoms with E-state index in [1.54, 1.807) is 29.2 Å². The van der Waals surface area contributed by atoms with Gasteiger partial charge < -0.3 is 10.6 Å². The van der Waals surface area contributed by atoms with Gasteiger partial charge in [0, 0.05) is 10.5 Å². The molecule has 2 N–H and O–H groups in total. The van der Waals surface area contributed by atoms with Gasteiger partial charge in [0.1, 0.15) is 12.7 Å². The van der Waals surface area contributed by atoms with Crippen LogP contribution in [0.25, 0.3) is 5.69 Å². The average molecular weight is 365 g/mol. The molecule has 0 aliphatic carbocycles. The molecule has 2 amide bonds. The van der Waals surface area contributed by atoms with Crippen LogP contribution in [0.2, 0.25) is 0 Å². The lowest BCUT2D eigenvalue weighted by Gasteiger charge is -2.21. The minimum atomic E-state index is -0.266. The van der Waals surface area contributed by atoms with Crippen LogP contribution in [0.5, 0.6) is 0 Å². The summed E-state index contributed by atoms with van der Waals surface area (Å²) < 4.78 is 1.58. The number of anilines is 2. The number of carbonyl (C=O) groups excluding carboxylic acids is 2. The van der Waals surface area contributed by atoms with Crippen LogP contribution < -0.4 is 10.6 Å².